The summed E-state index contributed by atoms with van der Waals surface area (Å²) in [5.74, 6) is 1.21. The average Bonchev–Trinajstić information content (AvgIpc) is 3.32. The van der Waals surface area contributed by atoms with Crippen molar-refractivity contribution in [2.24, 2.45) is 5.92 Å². The van der Waals surface area contributed by atoms with E-state index in [1.165, 1.54) is 16.7 Å². The standard InChI is InChI=1S/C20H22N2O2/c1-14-13-21-9-6-15(14)7-10-22-19(23)17-12-20(17)8-11-24-18-5-3-2-4-16(18)20/h2-6,9,13,17H,7-8,10-12H2,1H3,(H,22,23)/t17-,20-/m0/s1. The van der Waals surface area contributed by atoms with Crippen molar-refractivity contribution in [3.8, 4) is 5.75 Å². The van der Waals surface area contributed by atoms with Crippen LogP contribution in [0.1, 0.15) is 29.5 Å². The van der Waals surface area contributed by atoms with E-state index in [0.717, 1.165) is 25.0 Å². The van der Waals surface area contributed by atoms with Gasteiger partial charge in [-0.15, -0.1) is 0 Å². The van der Waals surface area contributed by atoms with E-state index in [4.69, 9.17) is 4.74 Å². The first-order valence-corrected chi connectivity index (χ1v) is 8.60. The Bertz CT molecular complexity index is 774. The van der Waals surface area contributed by atoms with Crippen LogP contribution in [0.2, 0.25) is 0 Å². The number of para-hydroxylation sites is 1. The Balaban J connectivity index is 1.39. The first-order valence-electron chi connectivity index (χ1n) is 8.60. The van der Waals surface area contributed by atoms with Crippen LogP contribution in [-0.2, 0) is 16.6 Å². The molecule has 1 N–H and O–H groups in total. The third kappa shape index (κ3) is 2.56. The number of nitrogens with one attached hydrogen (secondary N) is 1. The monoisotopic (exact) mass is 322 g/mol. The Hall–Kier alpha value is -2.36. The molecule has 2 aliphatic rings. The van der Waals surface area contributed by atoms with Gasteiger partial charge in [0.15, 0.2) is 0 Å². The number of hydrogen-bond acceptors (Lipinski definition) is 3. The van der Waals surface area contributed by atoms with E-state index in [1.807, 2.05) is 30.5 Å². The highest BCUT2D eigenvalue weighted by molar-refractivity contribution is 5.84. The lowest BCUT2D eigenvalue weighted by Crippen LogP contribution is -2.32. The first kappa shape index (κ1) is 15.2. The van der Waals surface area contributed by atoms with Crippen LogP contribution in [0.5, 0.6) is 5.75 Å². The fraction of sp³-hybridized carbons (Fsp3) is 0.400. The molecule has 0 bridgehead atoms. The zero-order valence-electron chi connectivity index (χ0n) is 13.9. The number of benzene rings is 1. The third-order valence-corrected chi connectivity index (χ3v) is 5.45. The molecular formula is C20H22N2O2. The SMILES string of the molecule is Cc1cnccc1CCNC(=O)[C@@H]1C[C@]12CCOc1ccccc12. The quantitative estimate of drug-likeness (QED) is 0.942. The van der Waals surface area contributed by atoms with Crippen LogP contribution in [-0.4, -0.2) is 24.0 Å². The molecule has 0 unspecified atom stereocenters. The number of amides is 1. The second kappa shape index (κ2) is 5.93. The molecule has 4 rings (SSSR count). The van der Waals surface area contributed by atoms with Crippen molar-refractivity contribution < 1.29 is 9.53 Å². The zero-order chi connectivity index (χ0) is 16.6. The Labute approximate surface area is 142 Å². The smallest absolute Gasteiger partial charge is 0.224 e. The maximum absolute atomic E-state index is 12.6. The lowest BCUT2D eigenvalue weighted by molar-refractivity contribution is -0.122. The molecule has 1 aromatic heterocycles. The summed E-state index contributed by atoms with van der Waals surface area (Å²) in [4.78, 5) is 16.7. The molecule has 0 saturated heterocycles. The van der Waals surface area contributed by atoms with Gasteiger partial charge in [0, 0.05) is 35.8 Å². The van der Waals surface area contributed by atoms with Gasteiger partial charge < -0.3 is 10.1 Å². The summed E-state index contributed by atoms with van der Waals surface area (Å²) in [6.45, 7) is 3.43. The van der Waals surface area contributed by atoms with E-state index < -0.39 is 0 Å². The van der Waals surface area contributed by atoms with Crippen LogP contribution in [0.4, 0.5) is 0 Å². The highest BCUT2D eigenvalue weighted by Crippen LogP contribution is 2.60. The van der Waals surface area contributed by atoms with Gasteiger partial charge in [0.25, 0.3) is 0 Å². The number of nitrogens with zero attached hydrogens (tertiary/aromatic N) is 1. The lowest BCUT2D eigenvalue weighted by atomic mass is 9.87. The highest BCUT2D eigenvalue weighted by Gasteiger charge is 2.60. The van der Waals surface area contributed by atoms with Gasteiger partial charge in [-0.3, -0.25) is 9.78 Å². The molecule has 4 nitrogen and oxygen atoms in total. The van der Waals surface area contributed by atoms with E-state index in [2.05, 4.69) is 23.3 Å². The van der Waals surface area contributed by atoms with Crippen molar-refractivity contribution in [3.63, 3.8) is 0 Å². The number of rotatable bonds is 4. The number of hydrogen-bond donors (Lipinski definition) is 1. The number of aryl methyl sites for hydroxylation is 1. The van der Waals surface area contributed by atoms with Crippen LogP contribution in [0.3, 0.4) is 0 Å². The third-order valence-electron chi connectivity index (χ3n) is 5.45. The minimum Gasteiger partial charge on any atom is -0.493 e. The van der Waals surface area contributed by atoms with Crippen molar-refractivity contribution in [2.45, 2.75) is 31.6 Å². The van der Waals surface area contributed by atoms with Gasteiger partial charge in [0.2, 0.25) is 5.91 Å². The summed E-state index contributed by atoms with van der Waals surface area (Å²) in [6.07, 6.45) is 6.39. The van der Waals surface area contributed by atoms with Crippen molar-refractivity contribution in [3.05, 3.63) is 59.4 Å². The summed E-state index contributed by atoms with van der Waals surface area (Å²) >= 11 is 0. The zero-order valence-corrected chi connectivity index (χ0v) is 13.9. The molecule has 124 valence electrons. The first-order chi connectivity index (χ1) is 11.7. The van der Waals surface area contributed by atoms with Gasteiger partial charge in [-0.2, -0.15) is 0 Å². The number of carbonyl (C=O) groups is 1. The summed E-state index contributed by atoms with van der Waals surface area (Å²) in [6, 6.07) is 10.2. The number of carbonyl (C=O) groups excluding carboxylic acids is 1. The van der Waals surface area contributed by atoms with Gasteiger partial charge in [-0.05, 0) is 49.4 Å². The van der Waals surface area contributed by atoms with Gasteiger partial charge in [0.1, 0.15) is 5.75 Å². The van der Waals surface area contributed by atoms with Crippen molar-refractivity contribution in [2.75, 3.05) is 13.2 Å². The second-order valence-electron chi connectivity index (χ2n) is 6.85. The Kier molecular flexibility index (Phi) is 3.75. The van der Waals surface area contributed by atoms with Crippen LogP contribution in [0.25, 0.3) is 0 Å². The number of ether oxygens (including phenoxy) is 1. The minimum absolute atomic E-state index is 0.00547. The fourth-order valence-electron chi connectivity index (χ4n) is 3.93. The van der Waals surface area contributed by atoms with Gasteiger partial charge in [-0.1, -0.05) is 18.2 Å². The van der Waals surface area contributed by atoms with Gasteiger partial charge in [-0.25, -0.2) is 0 Å². The van der Waals surface area contributed by atoms with Crippen molar-refractivity contribution >= 4 is 5.91 Å². The van der Waals surface area contributed by atoms with E-state index in [0.29, 0.717) is 13.2 Å². The molecule has 24 heavy (non-hydrogen) atoms. The molecule has 1 aliphatic heterocycles. The van der Waals surface area contributed by atoms with E-state index in [9.17, 15) is 4.79 Å². The molecule has 1 aliphatic carbocycles. The van der Waals surface area contributed by atoms with Gasteiger partial charge in [0.05, 0.1) is 6.61 Å². The minimum atomic E-state index is 0.00547. The number of pyridine rings is 1. The molecule has 1 amide bonds. The Morgan fingerprint density at radius 2 is 2.25 bits per heavy atom. The van der Waals surface area contributed by atoms with Crippen LogP contribution >= 0.6 is 0 Å². The molecule has 2 heterocycles. The summed E-state index contributed by atoms with van der Waals surface area (Å²) in [7, 11) is 0. The molecule has 2 aromatic rings. The van der Waals surface area contributed by atoms with E-state index in [1.54, 1.807) is 6.20 Å². The van der Waals surface area contributed by atoms with Crippen LogP contribution in [0, 0.1) is 12.8 Å². The largest absolute Gasteiger partial charge is 0.493 e. The van der Waals surface area contributed by atoms with Crippen LogP contribution < -0.4 is 10.1 Å². The van der Waals surface area contributed by atoms with E-state index in [-0.39, 0.29) is 17.2 Å². The predicted molar refractivity (Wildman–Crippen MR) is 92.0 cm³/mol. The topological polar surface area (TPSA) is 51.2 Å². The lowest BCUT2D eigenvalue weighted by Gasteiger charge is -2.26. The predicted octanol–water partition coefficient (Wildman–Crippen LogP) is 2.79. The summed E-state index contributed by atoms with van der Waals surface area (Å²) < 4.78 is 5.74. The van der Waals surface area contributed by atoms with Gasteiger partial charge >= 0.3 is 0 Å². The molecule has 2 atom stereocenters. The Morgan fingerprint density at radius 3 is 3.12 bits per heavy atom. The normalized spacial score (nSPS) is 24.1. The van der Waals surface area contributed by atoms with E-state index >= 15 is 0 Å². The average molecular weight is 322 g/mol. The summed E-state index contributed by atoms with van der Waals surface area (Å²) in [5.41, 5.74) is 3.63. The molecular weight excluding hydrogens is 300 g/mol. The van der Waals surface area contributed by atoms with Crippen LogP contribution in [0.15, 0.2) is 42.7 Å². The number of fused-ring (bicyclic) bond motifs is 2. The van der Waals surface area contributed by atoms with Crippen molar-refractivity contribution in [1.29, 1.82) is 0 Å². The highest BCUT2D eigenvalue weighted by atomic mass is 16.5. The second-order valence-corrected chi connectivity index (χ2v) is 6.85. The molecule has 4 heteroatoms. The molecule has 1 aromatic carbocycles. The molecule has 0 radical (unpaired) electrons. The maximum Gasteiger partial charge on any atom is 0.224 e. The molecule has 1 fully saturated rings. The maximum atomic E-state index is 12.6. The molecule has 1 saturated carbocycles. The number of aromatic nitrogens is 1. The molecule has 1 spiro atoms. The summed E-state index contributed by atoms with van der Waals surface area (Å²) in [5, 5.41) is 3.12. The fourth-order valence-corrected chi connectivity index (χ4v) is 3.93. The Morgan fingerprint density at radius 1 is 1.38 bits per heavy atom. The van der Waals surface area contributed by atoms with Crippen molar-refractivity contribution in [1.82, 2.24) is 10.3 Å².